The van der Waals surface area contributed by atoms with Gasteiger partial charge in [-0.25, -0.2) is 0 Å². The highest BCUT2D eigenvalue weighted by atomic mass is 19.4. The minimum Gasteiger partial charge on any atom is -0.496 e. The van der Waals surface area contributed by atoms with Crippen molar-refractivity contribution < 1.29 is 46.5 Å². The Kier molecular flexibility index (Phi) is 7.33. The molecule has 34 heavy (non-hydrogen) atoms. The van der Waals surface area contributed by atoms with Crippen molar-refractivity contribution in [1.82, 2.24) is 4.90 Å². The minimum atomic E-state index is -4.85. The van der Waals surface area contributed by atoms with Crippen LogP contribution < -0.4 is 14.2 Å². The Labute approximate surface area is 193 Å². The number of carbonyl (C=O) groups is 3. The fourth-order valence-electron chi connectivity index (χ4n) is 3.85. The molecule has 2 aromatic carbocycles. The van der Waals surface area contributed by atoms with Gasteiger partial charge in [-0.3, -0.25) is 14.4 Å². The maximum Gasteiger partial charge on any atom is 0.573 e. The topological polar surface area (TPSA) is 91.4 Å². The molecule has 1 aliphatic rings. The summed E-state index contributed by atoms with van der Waals surface area (Å²) in [6, 6.07) is 8.53. The fraction of sp³-hybridized carbons (Fsp3) is 0.348. The van der Waals surface area contributed by atoms with Crippen LogP contribution in [0.15, 0.2) is 42.5 Å². The molecule has 1 heterocycles. The van der Waals surface area contributed by atoms with Crippen LogP contribution in [0, 0.1) is 5.92 Å². The summed E-state index contributed by atoms with van der Waals surface area (Å²) in [7, 11) is 2.78. The van der Waals surface area contributed by atoms with E-state index in [4.69, 9.17) is 14.2 Å². The number of Topliss-reactive ketones (excluding diaryl/α,β-unsaturated/α-hetero) is 1. The zero-order chi connectivity index (χ0) is 25.0. The summed E-state index contributed by atoms with van der Waals surface area (Å²) in [5.41, 5.74) is 0.695. The summed E-state index contributed by atoms with van der Waals surface area (Å²) in [6.07, 6.45) is -4.85. The van der Waals surface area contributed by atoms with Crippen molar-refractivity contribution >= 4 is 17.7 Å². The smallest absolute Gasteiger partial charge is 0.496 e. The van der Waals surface area contributed by atoms with Gasteiger partial charge >= 0.3 is 12.3 Å². The molecule has 3 rings (SSSR count). The number of nitrogens with zero attached hydrogens (tertiary/aromatic N) is 1. The van der Waals surface area contributed by atoms with Crippen LogP contribution in [0.25, 0.3) is 0 Å². The van der Waals surface area contributed by atoms with Crippen LogP contribution in [0.3, 0.4) is 0 Å². The van der Waals surface area contributed by atoms with Gasteiger partial charge in [0.2, 0.25) is 5.78 Å². The number of carbonyl (C=O) groups excluding carboxylic acids is 3. The first-order chi connectivity index (χ1) is 16.1. The van der Waals surface area contributed by atoms with Gasteiger partial charge < -0.3 is 23.8 Å². The monoisotopic (exact) mass is 481 g/mol. The molecule has 0 saturated carbocycles. The van der Waals surface area contributed by atoms with Crippen LogP contribution in [-0.4, -0.2) is 49.7 Å². The molecular weight excluding hydrogens is 459 g/mol. The lowest BCUT2D eigenvalue weighted by Crippen LogP contribution is -2.31. The molecule has 0 bridgehead atoms. The molecule has 2 unspecified atom stereocenters. The number of likely N-dealkylation sites (tertiary alicyclic amines) is 1. The third-order valence-electron chi connectivity index (χ3n) is 5.22. The number of ketones is 1. The molecule has 2 aromatic rings. The van der Waals surface area contributed by atoms with E-state index in [2.05, 4.69) is 4.74 Å². The average molecular weight is 481 g/mol. The van der Waals surface area contributed by atoms with Crippen LogP contribution in [0.2, 0.25) is 0 Å². The van der Waals surface area contributed by atoms with Gasteiger partial charge in [0.15, 0.2) is 0 Å². The molecule has 0 aliphatic carbocycles. The number of rotatable bonds is 8. The van der Waals surface area contributed by atoms with Crippen molar-refractivity contribution in [3.63, 3.8) is 0 Å². The zero-order valence-electron chi connectivity index (χ0n) is 18.5. The third-order valence-corrected chi connectivity index (χ3v) is 5.22. The zero-order valence-corrected chi connectivity index (χ0v) is 18.5. The molecule has 11 heteroatoms. The van der Waals surface area contributed by atoms with E-state index in [-0.39, 0.29) is 24.7 Å². The Morgan fingerprint density at radius 2 is 1.59 bits per heavy atom. The Morgan fingerprint density at radius 1 is 1.00 bits per heavy atom. The number of ether oxygens (including phenoxy) is 4. The van der Waals surface area contributed by atoms with Gasteiger partial charge in [0.1, 0.15) is 23.2 Å². The highest BCUT2D eigenvalue weighted by molar-refractivity contribution is 6.42. The SMILES string of the molecule is CCOC(=O)C1C(=O)C(=O)N(Cc2ccc(OC(F)(F)F)cc2)C1c1c(OC)cccc1OC. The van der Waals surface area contributed by atoms with Gasteiger partial charge in [-0.15, -0.1) is 13.2 Å². The molecule has 1 saturated heterocycles. The molecule has 0 radical (unpaired) electrons. The van der Waals surface area contributed by atoms with E-state index in [1.165, 1.54) is 26.4 Å². The first-order valence-corrected chi connectivity index (χ1v) is 10.2. The predicted molar refractivity (Wildman–Crippen MR) is 111 cm³/mol. The van der Waals surface area contributed by atoms with Crippen LogP contribution in [0.5, 0.6) is 17.2 Å². The quantitative estimate of drug-likeness (QED) is 0.324. The lowest BCUT2D eigenvalue weighted by molar-refractivity contribution is -0.274. The lowest BCUT2D eigenvalue weighted by atomic mass is 9.91. The van der Waals surface area contributed by atoms with Gasteiger partial charge in [0, 0.05) is 6.54 Å². The number of hydrogen-bond acceptors (Lipinski definition) is 7. The van der Waals surface area contributed by atoms with Crippen molar-refractivity contribution in [3.8, 4) is 17.2 Å². The second-order valence-electron chi connectivity index (χ2n) is 7.24. The summed E-state index contributed by atoms with van der Waals surface area (Å²) in [4.78, 5) is 39.8. The summed E-state index contributed by atoms with van der Waals surface area (Å²) in [6.45, 7) is 1.38. The Morgan fingerprint density at radius 3 is 2.09 bits per heavy atom. The molecule has 0 aromatic heterocycles. The Hall–Kier alpha value is -3.76. The Bertz CT molecular complexity index is 1050. The number of halogens is 3. The molecule has 1 aliphatic heterocycles. The van der Waals surface area contributed by atoms with Crippen molar-refractivity contribution in [3.05, 3.63) is 53.6 Å². The van der Waals surface area contributed by atoms with Gasteiger partial charge in [0.05, 0.1) is 32.4 Å². The first-order valence-electron chi connectivity index (χ1n) is 10.2. The average Bonchev–Trinajstić information content (AvgIpc) is 3.03. The maximum atomic E-state index is 13.0. The van der Waals surface area contributed by atoms with Crippen molar-refractivity contribution in [2.24, 2.45) is 5.92 Å². The second-order valence-corrected chi connectivity index (χ2v) is 7.24. The van der Waals surface area contributed by atoms with Crippen LogP contribution in [-0.2, 0) is 25.7 Å². The summed E-state index contributed by atoms with van der Waals surface area (Å²) < 4.78 is 57.1. The second kappa shape index (κ2) is 10.0. The number of benzene rings is 2. The number of methoxy groups -OCH3 is 2. The van der Waals surface area contributed by atoms with E-state index in [0.717, 1.165) is 17.0 Å². The normalized spacial score (nSPS) is 18.1. The molecule has 1 amide bonds. The van der Waals surface area contributed by atoms with E-state index in [9.17, 15) is 27.6 Å². The fourth-order valence-corrected chi connectivity index (χ4v) is 3.85. The van der Waals surface area contributed by atoms with Gasteiger partial charge in [-0.05, 0) is 36.8 Å². The molecular formula is C23H22F3NO7. The molecule has 0 N–H and O–H groups in total. The highest BCUT2D eigenvalue weighted by Crippen LogP contribution is 2.46. The largest absolute Gasteiger partial charge is 0.573 e. The van der Waals surface area contributed by atoms with E-state index in [1.807, 2.05) is 0 Å². The van der Waals surface area contributed by atoms with Gasteiger partial charge in [-0.1, -0.05) is 18.2 Å². The van der Waals surface area contributed by atoms with E-state index in [0.29, 0.717) is 11.1 Å². The molecule has 182 valence electrons. The summed E-state index contributed by atoms with van der Waals surface area (Å²) >= 11 is 0. The number of hydrogen-bond donors (Lipinski definition) is 0. The molecule has 0 spiro atoms. The van der Waals surface area contributed by atoms with E-state index in [1.54, 1.807) is 25.1 Å². The first kappa shape index (κ1) is 24.9. The maximum absolute atomic E-state index is 13.0. The van der Waals surface area contributed by atoms with E-state index >= 15 is 0 Å². The van der Waals surface area contributed by atoms with E-state index < -0.39 is 41.7 Å². The summed E-state index contributed by atoms with van der Waals surface area (Å²) in [5, 5.41) is 0. The van der Waals surface area contributed by atoms with Crippen molar-refractivity contribution in [1.29, 1.82) is 0 Å². The van der Waals surface area contributed by atoms with Gasteiger partial charge in [0.25, 0.3) is 5.91 Å². The Balaban J connectivity index is 2.05. The predicted octanol–water partition coefficient (Wildman–Crippen LogP) is 3.43. The third kappa shape index (κ3) is 5.08. The van der Waals surface area contributed by atoms with Crippen molar-refractivity contribution in [2.45, 2.75) is 25.9 Å². The van der Waals surface area contributed by atoms with Crippen molar-refractivity contribution in [2.75, 3.05) is 20.8 Å². The van der Waals surface area contributed by atoms with Crippen LogP contribution in [0.4, 0.5) is 13.2 Å². The van der Waals surface area contributed by atoms with Crippen LogP contribution in [0.1, 0.15) is 24.1 Å². The number of alkyl halides is 3. The number of esters is 1. The standard InChI is InChI=1S/C23H22F3NO7/c1-4-33-22(30)18-19(17-15(31-2)6-5-7-16(17)32-3)27(21(29)20(18)28)12-13-8-10-14(11-9-13)34-23(24,25)26/h5-11,18-19H,4,12H2,1-3H3. The highest BCUT2D eigenvalue weighted by Gasteiger charge is 2.54. The minimum absolute atomic E-state index is 0.00670. The number of amides is 1. The van der Waals surface area contributed by atoms with Crippen LogP contribution >= 0.6 is 0 Å². The molecule has 1 fully saturated rings. The summed E-state index contributed by atoms with van der Waals surface area (Å²) in [5.74, 6) is -4.15. The molecule has 2 atom stereocenters. The lowest BCUT2D eigenvalue weighted by Gasteiger charge is -2.29. The van der Waals surface area contributed by atoms with Gasteiger partial charge in [-0.2, -0.15) is 0 Å². The molecule has 8 nitrogen and oxygen atoms in total.